The number of aromatic nitrogens is 1. The van der Waals surface area contributed by atoms with Gasteiger partial charge in [-0.15, -0.1) is 0 Å². The molecule has 2 N–H and O–H groups in total. The molecule has 0 fully saturated rings. The van der Waals surface area contributed by atoms with Crippen molar-refractivity contribution < 1.29 is 14.3 Å². The second kappa shape index (κ2) is 7.53. The van der Waals surface area contributed by atoms with Crippen molar-refractivity contribution in [1.82, 2.24) is 10.3 Å². The molecule has 0 aliphatic carbocycles. The van der Waals surface area contributed by atoms with Gasteiger partial charge in [0.05, 0.1) is 0 Å². The zero-order chi connectivity index (χ0) is 17.8. The van der Waals surface area contributed by atoms with E-state index in [1.807, 2.05) is 19.1 Å². The van der Waals surface area contributed by atoms with Crippen molar-refractivity contribution in [3.8, 4) is 5.75 Å². The van der Waals surface area contributed by atoms with Crippen molar-refractivity contribution in [2.75, 3.05) is 11.9 Å². The van der Waals surface area contributed by atoms with Crippen LogP contribution in [0, 0.1) is 6.92 Å². The molecule has 0 bridgehead atoms. The third-order valence-corrected chi connectivity index (χ3v) is 4.03. The monoisotopic (exact) mass is 359 g/mol. The van der Waals surface area contributed by atoms with Gasteiger partial charge in [-0.05, 0) is 42.8 Å². The third-order valence-electron chi connectivity index (χ3n) is 3.80. The Hall–Kier alpha value is -2.60. The van der Waals surface area contributed by atoms with Crippen LogP contribution in [0.3, 0.4) is 0 Å². The van der Waals surface area contributed by atoms with Gasteiger partial charge in [0.2, 0.25) is 5.91 Å². The largest absolute Gasteiger partial charge is 0.480 e. The Morgan fingerprint density at radius 3 is 2.96 bits per heavy atom. The summed E-state index contributed by atoms with van der Waals surface area (Å²) >= 11 is 5.94. The Morgan fingerprint density at radius 2 is 2.16 bits per heavy atom. The average molecular weight is 360 g/mol. The number of fused-ring (bicyclic) bond motifs is 1. The molecular weight excluding hydrogens is 342 g/mol. The first-order chi connectivity index (χ1) is 12.0. The number of rotatable bonds is 5. The molecule has 3 rings (SSSR count). The minimum Gasteiger partial charge on any atom is -0.480 e. The topological polar surface area (TPSA) is 80.3 Å². The molecule has 1 aliphatic heterocycles. The van der Waals surface area contributed by atoms with Crippen LogP contribution in [0.2, 0.25) is 5.02 Å². The predicted molar refractivity (Wildman–Crippen MR) is 94.8 cm³/mol. The van der Waals surface area contributed by atoms with E-state index in [9.17, 15) is 9.59 Å². The standard InChI is InChI=1S/C18H18ClN3O3/c1-11-3-2-4-16(21-11)22-17(23)7-8-20-18(24)15-10-12-9-13(19)5-6-14(12)25-15/h2-6,9,15H,7-8,10H2,1H3,(H,20,24)(H,21,22,23)/t15-/m1/s1. The zero-order valence-corrected chi connectivity index (χ0v) is 14.5. The maximum absolute atomic E-state index is 12.2. The highest BCUT2D eigenvalue weighted by Gasteiger charge is 2.29. The lowest BCUT2D eigenvalue weighted by Gasteiger charge is -2.11. The van der Waals surface area contributed by atoms with Gasteiger partial charge in [0.1, 0.15) is 11.6 Å². The van der Waals surface area contributed by atoms with Gasteiger partial charge in [0, 0.05) is 30.1 Å². The van der Waals surface area contributed by atoms with Gasteiger partial charge in [-0.3, -0.25) is 9.59 Å². The number of halogens is 1. The molecule has 0 unspecified atom stereocenters. The van der Waals surface area contributed by atoms with Crippen LogP contribution in [-0.2, 0) is 16.0 Å². The lowest BCUT2D eigenvalue weighted by Crippen LogP contribution is -2.38. The van der Waals surface area contributed by atoms with E-state index in [0.717, 1.165) is 11.3 Å². The summed E-state index contributed by atoms with van der Waals surface area (Å²) in [5.41, 5.74) is 1.74. The smallest absolute Gasteiger partial charge is 0.261 e. The Morgan fingerprint density at radius 1 is 1.32 bits per heavy atom. The first-order valence-electron chi connectivity index (χ1n) is 7.97. The molecule has 2 aromatic rings. The summed E-state index contributed by atoms with van der Waals surface area (Å²) in [4.78, 5) is 28.3. The quantitative estimate of drug-likeness (QED) is 0.859. The van der Waals surface area contributed by atoms with Crippen LogP contribution < -0.4 is 15.4 Å². The molecule has 1 aromatic carbocycles. The van der Waals surface area contributed by atoms with Crippen molar-refractivity contribution >= 4 is 29.2 Å². The van der Waals surface area contributed by atoms with E-state index in [-0.39, 0.29) is 24.8 Å². The fourth-order valence-electron chi connectivity index (χ4n) is 2.59. The molecule has 2 amide bonds. The van der Waals surface area contributed by atoms with Crippen LogP contribution in [0.5, 0.6) is 5.75 Å². The average Bonchev–Trinajstić information content (AvgIpc) is 2.98. The van der Waals surface area contributed by atoms with E-state index in [1.54, 1.807) is 24.3 Å². The molecule has 6 nitrogen and oxygen atoms in total. The molecule has 0 radical (unpaired) electrons. The first-order valence-corrected chi connectivity index (χ1v) is 8.35. The third kappa shape index (κ3) is 4.48. The number of amides is 2. The van der Waals surface area contributed by atoms with Crippen LogP contribution in [0.4, 0.5) is 5.82 Å². The Kier molecular flexibility index (Phi) is 5.19. The van der Waals surface area contributed by atoms with Crippen LogP contribution in [0.15, 0.2) is 36.4 Å². The Bertz CT molecular complexity index is 810. The van der Waals surface area contributed by atoms with Gasteiger partial charge >= 0.3 is 0 Å². The van der Waals surface area contributed by atoms with Crippen molar-refractivity contribution in [2.24, 2.45) is 0 Å². The van der Waals surface area contributed by atoms with E-state index in [4.69, 9.17) is 16.3 Å². The fourth-order valence-corrected chi connectivity index (χ4v) is 2.79. The predicted octanol–water partition coefficient (Wildman–Crippen LogP) is 2.49. The number of nitrogens with one attached hydrogen (secondary N) is 2. The van der Waals surface area contributed by atoms with E-state index in [1.165, 1.54) is 0 Å². The summed E-state index contributed by atoms with van der Waals surface area (Å²) < 4.78 is 5.61. The number of nitrogens with zero attached hydrogens (tertiary/aromatic N) is 1. The van der Waals surface area contributed by atoms with Crippen LogP contribution >= 0.6 is 11.6 Å². The van der Waals surface area contributed by atoms with E-state index in [2.05, 4.69) is 15.6 Å². The highest BCUT2D eigenvalue weighted by molar-refractivity contribution is 6.30. The zero-order valence-electron chi connectivity index (χ0n) is 13.7. The number of ether oxygens (including phenoxy) is 1. The summed E-state index contributed by atoms with van der Waals surface area (Å²) in [7, 11) is 0. The van der Waals surface area contributed by atoms with E-state index < -0.39 is 6.10 Å². The van der Waals surface area contributed by atoms with E-state index >= 15 is 0 Å². The van der Waals surface area contributed by atoms with Gasteiger partial charge in [0.15, 0.2) is 6.10 Å². The van der Waals surface area contributed by atoms with Crippen molar-refractivity contribution in [1.29, 1.82) is 0 Å². The Balaban J connectivity index is 1.43. The van der Waals surface area contributed by atoms with Gasteiger partial charge in [0.25, 0.3) is 5.91 Å². The summed E-state index contributed by atoms with van der Waals surface area (Å²) in [6, 6.07) is 10.7. The number of hydrogen-bond acceptors (Lipinski definition) is 4. The van der Waals surface area contributed by atoms with Gasteiger partial charge < -0.3 is 15.4 Å². The van der Waals surface area contributed by atoms with Crippen LogP contribution in [0.1, 0.15) is 17.7 Å². The summed E-state index contributed by atoms with van der Waals surface area (Å²) in [5.74, 6) is 0.727. The molecule has 0 saturated heterocycles. The van der Waals surface area contributed by atoms with Crippen LogP contribution in [0.25, 0.3) is 0 Å². The molecule has 1 aromatic heterocycles. The van der Waals surface area contributed by atoms with Gasteiger partial charge in [-0.1, -0.05) is 17.7 Å². The molecule has 7 heteroatoms. The van der Waals surface area contributed by atoms with Crippen LogP contribution in [-0.4, -0.2) is 29.4 Å². The number of carbonyl (C=O) groups is 2. The second-order valence-corrected chi connectivity index (χ2v) is 6.25. The summed E-state index contributed by atoms with van der Waals surface area (Å²) in [6.45, 7) is 2.08. The van der Waals surface area contributed by atoms with Crippen molar-refractivity contribution in [3.05, 3.63) is 52.7 Å². The van der Waals surface area contributed by atoms with Crippen molar-refractivity contribution in [3.63, 3.8) is 0 Å². The number of anilines is 1. The minimum absolute atomic E-state index is 0.160. The number of aryl methyl sites for hydroxylation is 1. The Labute approximate surface area is 150 Å². The number of benzene rings is 1. The molecule has 0 saturated carbocycles. The summed E-state index contributed by atoms with van der Waals surface area (Å²) in [5, 5.41) is 6.04. The first kappa shape index (κ1) is 17.2. The number of hydrogen-bond donors (Lipinski definition) is 2. The molecule has 1 aliphatic rings. The molecule has 130 valence electrons. The lowest BCUT2D eigenvalue weighted by atomic mass is 10.1. The number of pyridine rings is 1. The molecule has 0 spiro atoms. The molecular formula is C18H18ClN3O3. The molecule has 2 heterocycles. The number of carbonyl (C=O) groups excluding carboxylic acids is 2. The normalized spacial score (nSPS) is 15.2. The SMILES string of the molecule is Cc1cccc(NC(=O)CCNC(=O)[C@H]2Cc3cc(Cl)ccc3O2)n1. The van der Waals surface area contributed by atoms with E-state index in [0.29, 0.717) is 23.0 Å². The summed E-state index contributed by atoms with van der Waals surface area (Å²) in [6.07, 6.45) is 0.0449. The van der Waals surface area contributed by atoms with Gasteiger partial charge in [-0.25, -0.2) is 4.98 Å². The lowest BCUT2D eigenvalue weighted by molar-refractivity contribution is -0.127. The highest BCUT2D eigenvalue weighted by Crippen LogP contribution is 2.31. The van der Waals surface area contributed by atoms with Gasteiger partial charge in [-0.2, -0.15) is 0 Å². The maximum Gasteiger partial charge on any atom is 0.261 e. The maximum atomic E-state index is 12.2. The molecule has 1 atom stereocenters. The minimum atomic E-state index is -0.588. The fraction of sp³-hybridized carbons (Fsp3) is 0.278. The second-order valence-electron chi connectivity index (χ2n) is 5.82. The van der Waals surface area contributed by atoms with Crippen molar-refractivity contribution in [2.45, 2.75) is 25.9 Å². The highest BCUT2D eigenvalue weighted by atomic mass is 35.5. The molecule has 25 heavy (non-hydrogen) atoms.